The van der Waals surface area contributed by atoms with E-state index in [-0.39, 0.29) is 0 Å². The van der Waals surface area contributed by atoms with Crippen LogP contribution in [0.4, 0.5) is 5.82 Å². The van der Waals surface area contributed by atoms with Crippen LogP contribution in [-0.4, -0.2) is 16.7 Å². The molecule has 1 rings (SSSR count). The highest BCUT2D eigenvalue weighted by atomic mass is 15.2. The summed E-state index contributed by atoms with van der Waals surface area (Å²) in [6.07, 6.45) is 1.64. The molecule has 0 aliphatic carbocycles. The van der Waals surface area contributed by atoms with E-state index in [9.17, 15) is 0 Å². The third-order valence-electron chi connectivity index (χ3n) is 1.37. The Balaban J connectivity index is 2.83. The molecule has 0 saturated carbocycles. The number of nitrogens with zero attached hydrogens (tertiary/aromatic N) is 2. The molecular formula is C7H12N4. The molecule has 3 N–H and O–H groups in total. The molecular weight excluding hydrogens is 140 g/mol. The summed E-state index contributed by atoms with van der Waals surface area (Å²) in [5.41, 5.74) is 6.47. The molecule has 1 aromatic heterocycles. The van der Waals surface area contributed by atoms with Crippen LogP contribution in [0.2, 0.25) is 0 Å². The van der Waals surface area contributed by atoms with Crippen molar-refractivity contribution in [3.05, 3.63) is 17.8 Å². The van der Waals surface area contributed by atoms with Crippen molar-refractivity contribution in [3.8, 4) is 0 Å². The number of anilines is 1. The summed E-state index contributed by atoms with van der Waals surface area (Å²) in [4.78, 5) is 0. The lowest BCUT2D eigenvalue weighted by atomic mass is 10.3. The summed E-state index contributed by atoms with van der Waals surface area (Å²) in [6, 6.07) is 1.87. The van der Waals surface area contributed by atoms with Crippen LogP contribution in [-0.2, 0) is 6.54 Å². The fraction of sp³-hybridized carbons (Fsp3) is 0.429. The van der Waals surface area contributed by atoms with Gasteiger partial charge in [0, 0.05) is 18.7 Å². The van der Waals surface area contributed by atoms with Gasteiger partial charge in [0.2, 0.25) is 0 Å². The van der Waals surface area contributed by atoms with Crippen molar-refractivity contribution in [1.29, 1.82) is 0 Å². The van der Waals surface area contributed by atoms with Crippen LogP contribution in [0.3, 0.4) is 0 Å². The molecule has 11 heavy (non-hydrogen) atoms. The lowest BCUT2D eigenvalue weighted by Crippen LogP contribution is -2.07. The van der Waals surface area contributed by atoms with Gasteiger partial charge in [0.1, 0.15) is 0 Å². The Bertz CT molecular complexity index is 223. The molecule has 1 aromatic rings. The maximum absolute atomic E-state index is 5.47. The Morgan fingerprint density at radius 3 is 3.09 bits per heavy atom. The number of hydrogen-bond donors (Lipinski definition) is 2. The van der Waals surface area contributed by atoms with Crippen LogP contribution in [0, 0.1) is 0 Å². The summed E-state index contributed by atoms with van der Waals surface area (Å²) < 4.78 is 0. The summed E-state index contributed by atoms with van der Waals surface area (Å²) in [7, 11) is 0. The summed E-state index contributed by atoms with van der Waals surface area (Å²) in [6.45, 7) is 3.35. The van der Waals surface area contributed by atoms with E-state index in [1.807, 2.05) is 13.0 Å². The first-order valence-corrected chi connectivity index (χ1v) is 3.63. The predicted octanol–water partition coefficient (Wildman–Crippen LogP) is 0.367. The first kappa shape index (κ1) is 7.94. The van der Waals surface area contributed by atoms with Gasteiger partial charge in [0.15, 0.2) is 5.82 Å². The molecule has 4 heteroatoms. The van der Waals surface area contributed by atoms with Crippen LogP contribution >= 0.6 is 0 Å². The smallest absolute Gasteiger partial charge is 0.153 e. The van der Waals surface area contributed by atoms with Gasteiger partial charge in [-0.3, -0.25) is 0 Å². The van der Waals surface area contributed by atoms with Crippen molar-refractivity contribution in [2.75, 3.05) is 11.9 Å². The van der Waals surface area contributed by atoms with Crippen molar-refractivity contribution in [2.24, 2.45) is 5.73 Å². The van der Waals surface area contributed by atoms with Crippen molar-refractivity contribution in [1.82, 2.24) is 10.2 Å². The molecule has 0 bridgehead atoms. The van der Waals surface area contributed by atoms with Gasteiger partial charge >= 0.3 is 0 Å². The SMILES string of the molecule is CCNc1nnccc1CN. The average molecular weight is 152 g/mol. The molecule has 0 saturated heterocycles. The Morgan fingerprint density at radius 2 is 2.45 bits per heavy atom. The minimum atomic E-state index is 0.498. The van der Waals surface area contributed by atoms with Crippen molar-refractivity contribution < 1.29 is 0 Å². The minimum absolute atomic E-state index is 0.498. The standard InChI is InChI=1S/C7H12N4/c1-2-9-7-6(5-8)3-4-10-11-7/h3-4H,2,5,8H2,1H3,(H,9,11). The molecule has 0 spiro atoms. The summed E-state index contributed by atoms with van der Waals surface area (Å²) in [5.74, 6) is 0.789. The highest BCUT2D eigenvalue weighted by Gasteiger charge is 1.98. The van der Waals surface area contributed by atoms with Crippen molar-refractivity contribution in [2.45, 2.75) is 13.5 Å². The van der Waals surface area contributed by atoms with Gasteiger partial charge in [0.25, 0.3) is 0 Å². The van der Waals surface area contributed by atoms with E-state index < -0.39 is 0 Å². The van der Waals surface area contributed by atoms with Gasteiger partial charge in [-0.05, 0) is 13.0 Å². The van der Waals surface area contributed by atoms with E-state index in [1.165, 1.54) is 0 Å². The second-order valence-electron chi connectivity index (χ2n) is 2.14. The van der Waals surface area contributed by atoms with E-state index in [0.717, 1.165) is 17.9 Å². The highest BCUT2D eigenvalue weighted by Crippen LogP contribution is 2.07. The monoisotopic (exact) mass is 152 g/mol. The van der Waals surface area contributed by atoms with Gasteiger partial charge in [-0.25, -0.2) is 0 Å². The van der Waals surface area contributed by atoms with Crippen molar-refractivity contribution >= 4 is 5.82 Å². The normalized spacial score (nSPS) is 9.64. The van der Waals surface area contributed by atoms with Crippen LogP contribution in [0.25, 0.3) is 0 Å². The van der Waals surface area contributed by atoms with Crippen LogP contribution < -0.4 is 11.1 Å². The quantitative estimate of drug-likeness (QED) is 0.656. The van der Waals surface area contributed by atoms with Crippen molar-refractivity contribution in [3.63, 3.8) is 0 Å². The Morgan fingerprint density at radius 1 is 1.64 bits per heavy atom. The molecule has 0 aliphatic heterocycles. The highest BCUT2D eigenvalue weighted by molar-refractivity contribution is 5.41. The Labute approximate surface area is 65.8 Å². The number of rotatable bonds is 3. The topological polar surface area (TPSA) is 63.8 Å². The van der Waals surface area contributed by atoms with E-state index in [4.69, 9.17) is 5.73 Å². The van der Waals surface area contributed by atoms with Gasteiger partial charge in [-0.2, -0.15) is 5.10 Å². The Hall–Kier alpha value is -1.16. The van der Waals surface area contributed by atoms with E-state index in [2.05, 4.69) is 15.5 Å². The lowest BCUT2D eigenvalue weighted by molar-refractivity contribution is 0.955. The van der Waals surface area contributed by atoms with E-state index in [1.54, 1.807) is 6.20 Å². The van der Waals surface area contributed by atoms with Crippen LogP contribution in [0.5, 0.6) is 0 Å². The fourth-order valence-corrected chi connectivity index (χ4v) is 0.839. The molecule has 0 amide bonds. The first-order valence-electron chi connectivity index (χ1n) is 3.63. The maximum Gasteiger partial charge on any atom is 0.153 e. The third-order valence-corrected chi connectivity index (χ3v) is 1.37. The minimum Gasteiger partial charge on any atom is -0.369 e. The molecule has 1 heterocycles. The average Bonchev–Trinajstić information content (AvgIpc) is 2.06. The molecule has 0 radical (unpaired) electrons. The first-order chi connectivity index (χ1) is 5.38. The second-order valence-corrected chi connectivity index (χ2v) is 2.14. The van der Waals surface area contributed by atoms with Crippen LogP contribution in [0.15, 0.2) is 12.3 Å². The lowest BCUT2D eigenvalue weighted by Gasteiger charge is -2.04. The van der Waals surface area contributed by atoms with E-state index >= 15 is 0 Å². The molecule has 0 fully saturated rings. The maximum atomic E-state index is 5.47. The zero-order valence-electron chi connectivity index (χ0n) is 6.54. The summed E-state index contributed by atoms with van der Waals surface area (Å²) in [5, 5.41) is 10.7. The predicted molar refractivity (Wildman–Crippen MR) is 44.1 cm³/mol. The number of nitrogens with two attached hydrogens (primary N) is 1. The number of aromatic nitrogens is 2. The van der Waals surface area contributed by atoms with Gasteiger partial charge < -0.3 is 11.1 Å². The molecule has 4 nitrogen and oxygen atoms in total. The van der Waals surface area contributed by atoms with Gasteiger partial charge in [-0.15, -0.1) is 5.10 Å². The molecule has 0 unspecified atom stereocenters. The number of nitrogens with one attached hydrogen (secondary N) is 1. The molecule has 60 valence electrons. The van der Waals surface area contributed by atoms with Crippen LogP contribution in [0.1, 0.15) is 12.5 Å². The zero-order chi connectivity index (χ0) is 8.10. The molecule has 0 aromatic carbocycles. The largest absolute Gasteiger partial charge is 0.369 e. The molecule has 0 atom stereocenters. The molecule has 0 aliphatic rings. The summed E-state index contributed by atoms with van der Waals surface area (Å²) >= 11 is 0. The van der Waals surface area contributed by atoms with Gasteiger partial charge in [-0.1, -0.05) is 0 Å². The zero-order valence-corrected chi connectivity index (χ0v) is 6.54. The van der Waals surface area contributed by atoms with Gasteiger partial charge in [0.05, 0.1) is 6.20 Å². The fourth-order valence-electron chi connectivity index (χ4n) is 0.839. The number of hydrogen-bond acceptors (Lipinski definition) is 4. The van der Waals surface area contributed by atoms with E-state index in [0.29, 0.717) is 6.54 Å². The third kappa shape index (κ3) is 1.88. The Kier molecular flexibility index (Phi) is 2.80. The second kappa shape index (κ2) is 3.88.